The van der Waals surface area contributed by atoms with Crippen molar-refractivity contribution in [1.82, 2.24) is 0 Å². The molecule has 19 heavy (non-hydrogen) atoms. The molecule has 0 aliphatic carbocycles. The van der Waals surface area contributed by atoms with Gasteiger partial charge in [-0.25, -0.2) is 0 Å². The first-order valence-corrected chi connectivity index (χ1v) is 6.97. The number of rotatable bonds is 5. The Labute approximate surface area is 119 Å². The predicted molar refractivity (Wildman–Crippen MR) is 78.7 cm³/mol. The lowest BCUT2D eigenvalue weighted by Crippen LogP contribution is -2.21. The molecule has 104 valence electrons. The van der Waals surface area contributed by atoms with Crippen LogP contribution < -0.4 is 4.74 Å². The number of aliphatic imine (C=N–C) groups is 1. The summed E-state index contributed by atoms with van der Waals surface area (Å²) in [4.78, 5) is 4.57. The third-order valence-corrected chi connectivity index (χ3v) is 3.65. The molecule has 0 amide bonds. The number of nitrogens with zero attached hydrogens (tertiary/aromatic N) is 1. The first-order chi connectivity index (χ1) is 9.11. The quantitative estimate of drug-likeness (QED) is 0.775. The van der Waals surface area contributed by atoms with Crippen molar-refractivity contribution in [2.24, 2.45) is 10.9 Å². The lowest BCUT2D eigenvalue weighted by atomic mass is 9.91. The average Bonchev–Trinajstić information content (AvgIpc) is 2.38. The van der Waals surface area contributed by atoms with Crippen LogP contribution in [0.25, 0.3) is 0 Å². The molecule has 0 saturated carbocycles. The Morgan fingerprint density at radius 3 is 2.84 bits per heavy atom. The predicted octanol–water partition coefficient (Wildman–Crippen LogP) is 3.36. The van der Waals surface area contributed by atoms with Crippen molar-refractivity contribution in [1.29, 1.82) is 0 Å². The van der Waals surface area contributed by atoms with E-state index in [0.29, 0.717) is 30.2 Å². The molecule has 0 unspecified atom stereocenters. The van der Waals surface area contributed by atoms with Gasteiger partial charge < -0.3 is 9.47 Å². The Morgan fingerprint density at radius 2 is 2.16 bits per heavy atom. The molecule has 0 radical (unpaired) electrons. The zero-order valence-electron chi connectivity index (χ0n) is 11.6. The molecule has 0 spiro atoms. The van der Waals surface area contributed by atoms with E-state index in [1.807, 2.05) is 12.3 Å². The molecule has 0 aromatic heterocycles. The van der Waals surface area contributed by atoms with Crippen molar-refractivity contribution in [2.45, 2.75) is 26.3 Å². The Morgan fingerprint density at radius 1 is 1.37 bits per heavy atom. The maximum absolute atomic E-state index is 6.28. The van der Waals surface area contributed by atoms with E-state index < -0.39 is 0 Å². The first kappa shape index (κ1) is 14.4. The highest BCUT2D eigenvalue weighted by Gasteiger charge is 2.20. The van der Waals surface area contributed by atoms with Gasteiger partial charge in [-0.15, -0.1) is 0 Å². The topological polar surface area (TPSA) is 30.8 Å². The fourth-order valence-electron chi connectivity index (χ4n) is 2.14. The smallest absolute Gasteiger partial charge is 0.121 e. The summed E-state index contributed by atoms with van der Waals surface area (Å²) >= 11 is 6.28. The minimum absolute atomic E-state index is 0.331. The maximum Gasteiger partial charge on any atom is 0.121 e. The highest BCUT2D eigenvalue weighted by molar-refractivity contribution is 6.33. The van der Waals surface area contributed by atoms with Gasteiger partial charge in [0.05, 0.1) is 17.7 Å². The van der Waals surface area contributed by atoms with Crippen molar-refractivity contribution in [3.63, 3.8) is 0 Å². The van der Waals surface area contributed by atoms with Crippen molar-refractivity contribution >= 4 is 17.8 Å². The molecular weight excluding hydrogens is 262 g/mol. The number of hydrogen-bond acceptors (Lipinski definition) is 3. The van der Waals surface area contributed by atoms with E-state index in [-0.39, 0.29) is 0 Å². The number of fused-ring (bicyclic) bond motifs is 1. The van der Waals surface area contributed by atoms with Crippen LogP contribution in [-0.2, 0) is 11.2 Å². The third kappa shape index (κ3) is 3.48. The fourth-order valence-corrected chi connectivity index (χ4v) is 2.42. The van der Waals surface area contributed by atoms with Gasteiger partial charge in [-0.05, 0) is 30.0 Å². The minimum atomic E-state index is 0.331. The standard InChI is InChI=1S/C15H20ClNO2/c1-10(2)15-7-11-6-12(19-5-4-18-3)8-14(16)13(11)9-17-15/h6,8-10,15H,4-5,7H2,1-3H3/t15-/m0/s1. The van der Waals surface area contributed by atoms with Crippen LogP contribution in [0.2, 0.25) is 5.02 Å². The molecule has 1 aliphatic rings. The lowest BCUT2D eigenvalue weighted by molar-refractivity contribution is 0.146. The second-order valence-corrected chi connectivity index (χ2v) is 5.52. The van der Waals surface area contributed by atoms with E-state index in [1.165, 1.54) is 5.56 Å². The molecule has 1 aromatic rings. The Balaban J connectivity index is 2.18. The van der Waals surface area contributed by atoms with Gasteiger partial charge >= 0.3 is 0 Å². The highest BCUT2D eigenvalue weighted by atomic mass is 35.5. The van der Waals surface area contributed by atoms with E-state index in [1.54, 1.807) is 7.11 Å². The van der Waals surface area contributed by atoms with Gasteiger partial charge in [0.15, 0.2) is 0 Å². The van der Waals surface area contributed by atoms with Crippen LogP contribution in [0.4, 0.5) is 0 Å². The van der Waals surface area contributed by atoms with Crippen LogP contribution in [0.1, 0.15) is 25.0 Å². The molecule has 1 aromatic carbocycles. The van der Waals surface area contributed by atoms with Gasteiger partial charge in [0.2, 0.25) is 0 Å². The fraction of sp³-hybridized carbons (Fsp3) is 0.533. The number of ether oxygens (including phenoxy) is 2. The summed E-state index contributed by atoms with van der Waals surface area (Å²) < 4.78 is 10.6. The maximum atomic E-state index is 6.28. The zero-order chi connectivity index (χ0) is 13.8. The van der Waals surface area contributed by atoms with Crippen LogP contribution in [0.5, 0.6) is 5.75 Å². The molecule has 0 saturated heterocycles. The Kier molecular flexibility index (Phi) is 4.83. The second kappa shape index (κ2) is 6.40. The van der Waals surface area contributed by atoms with E-state index in [0.717, 1.165) is 17.7 Å². The van der Waals surface area contributed by atoms with E-state index in [4.69, 9.17) is 21.1 Å². The number of benzene rings is 1. The van der Waals surface area contributed by atoms with Crippen LogP contribution in [0.15, 0.2) is 17.1 Å². The third-order valence-electron chi connectivity index (χ3n) is 3.34. The number of halogens is 1. The summed E-state index contributed by atoms with van der Waals surface area (Å²) in [5, 5.41) is 0.705. The number of hydrogen-bond donors (Lipinski definition) is 0. The molecule has 1 heterocycles. The molecule has 1 atom stereocenters. The molecule has 0 fully saturated rings. The van der Waals surface area contributed by atoms with Crippen LogP contribution in [-0.4, -0.2) is 32.6 Å². The molecule has 0 N–H and O–H groups in total. The van der Waals surface area contributed by atoms with Crippen LogP contribution in [0.3, 0.4) is 0 Å². The van der Waals surface area contributed by atoms with Gasteiger partial charge in [-0.3, -0.25) is 4.99 Å². The van der Waals surface area contributed by atoms with Gasteiger partial charge in [0.25, 0.3) is 0 Å². The Hall–Kier alpha value is -1.06. The SMILES string of the molecule is COCCOc1cc(Cl)c2c(c1)C[C@@H](C(C)C)N=C2. The molecule has 2 rings (SSSR count). The van der Waals surface area contributed by atoms with E-state index >= 15 is 0 Å². The van der Waals surface area contributed by atoms with Crippen molar-refractivity contribution in [3.05, 3.63) is 28.3 Å². The minimum Gasteiger partial charge on any atom is -0.491 e. The molecule has 0 bridgehead atoms. The van der Waals surface area contributed by atoms with E-state index in [2.05, 4.69) is 24.9 Å². The van der Waals surface area contributed by atoms with Gasteiger partial charge in [0, 0.05) is 18.9 Å². The zero-order valence-corrected chi connectivity index (χ0v) is 12.4. The normalized spacial score (nSPS) is 17.6. The highest BCUT2D eigenvalue weighted by Crippen LogP contribution is 2.30. The van der Waals surface area contributed by atoms with E-state index in [9.17, 15) is 0 Å². The first-order valence-electron chi connectivity index (χ1n) is 6.59. The summed E-state index contributed by atoms with van der Waals surface area (Å²) in [5.74, 6) is 1.33. The second-order valence-electron chi connectivity index (χ2n) is 5.11. The number of methoxy groups -OCH3 is 1. The molecule has 3 nitrogen and oxygen atoms in total. The average molecular weight is 282 g/mol. The van der Waals surface area contributed by atoms with Crippen molar-refractivity contribution < 1.29 is 9.47 Å². The van der Waals surface area contributed by atoms with Gasteiger partial charge in [-0.2, -0.15) is 0 Å². The van der Waals surface area contributed by atoms with Crippen LogP contribution >= 0.6 is 11.6 Å². The van der Waals surface area contributed by atoms with Crippen LogP contribution in [0, 0.1) is 5.92 Å². The Bertz CT molecular complexity index is 471. The lowest BCUT2D eigenvalue weighted by Gasteiger charge is -2.23. The largest absolute Gasteiger partial charge is 0.491 e. The van der Waals surface area contributed by atoms with Crippen molar-refractivity contribution in [2.75, 3.05) is 20.3 Å². The molecular formula is C15H20ClNO2. The van der Waals surface area contributed by atoms with Gasteiger partial charge in [-0.1, -0.05) is 25.4 Å². The summed E-state index contributed by atoms with van der Waals surface area (Å²) in [6.45, 7) is 5.49. The monoisotopic (exact) mass is 281 g/mol. The molecule has 1 aliphatic heterocycles. The summed E-state index contributed by atoms with van der Waals surface area (Å²) in [6, 6.07) is 4.24. The summed E-state index contributed by atoms with van der Waals surface area (Å²) in [5.41, 5.74) is 2.24. The summed E-state index contributed by atoms with van der Waals surface area (Å²) in [7, 11) is 1.66. The van der Waals surface area contributed by atoms with Crippen molar-refractivity contribution in [3.8, 4) is 5.75 Å². The molecule has 4 heteroatoms. The van der Waals surface area contributed by atoms with Gasteiger partial charge in [0.1, 0.15) is 12.4 Å². The summed E-state index contributed by atoms with van der Waals surface area (Å²) in [6.07, 6.45) is 2.81.